The molecule has 1 fully saturated rings. The van der Waals surface area contributed by atoms with Crippen molar-refractivity contribution in [3.05, 3.63) is 59.4 Å². The molecule has 114 valence electrons. The number of amides is 1. The van der Waals surface area contributed by atoms with Gasteiger partial charge in [-0.25, -0.2) is 0 Å². The first-order valence-electron chi connectivity index (χ1n) is 7.64. The monoisotopic (exact) mass is 296 g/mol. The highest BCUT2D eigenvalue weighted by atomic mass is 16.5. The number of nitrogens with zero attached hydrogens (tertiary/aromatic N) is 1. The summed E-state index contributed by atoms with van der Waals surface area (Å²) in [5, 5.41) is 3.02. The summed E-state index contributed by atoms with van der Waals surface area (Å²) >= 11 is 0. The van der Waals surface area contributed by atoms with Crippen molar-refractivity contribution >= 4 is 5.91 Å². The molecule has 1 N–H and O–H groups in total. The topological polar surface area (TPSA) is 51.2 Å². The van der Waals surface area contributed by atoms with Crippen molar-refractivity contribution in [1.29, 1.82) is 0 Å². The van der Waals surface area contributed by atoms with E-state index in [-0.39, 0.29) is 5.91 Å². The van der Waals surface area contributed by atoms with Gasteiger partial charge in [0.1, 0.15) is 5.75 Å². The highest BCUT2D eigenvalue weighted by Gasteiger charge is 2.20. The molecular weight excluding hydrogens is 276 g/mol. The Bertz CT molecular complexity index is 648. The average Bonchev–Trinajstić information content (AvgIpc) is 2.52. The van der Waals surface area contributed by atoms with Gasteiger partial charge in [-0.05, 0) is 37.5 Å². The van der Waals surface area contributed by atoms with E-state index >= 15 is 0 Å². The van der Waals surface area contributed by atoms with E-state index in [2.05, 4.69) is 10.3 Å². The molecule has 4 nitrogen and oxygen atoms in total. The molecule has 1 aromatic carbocycles. The second-order valence-corrected chi connectivity index (χ2v) is 5.63. The number of aromatic nitrogens is 1. The van der Waals surface area contributed by atoms with Crippen LogP contribution in [-0.2, 0) is 6.42 Å². The number of hydrogen-bond acceptors (Lipinski definition) is 3. The Morgan fingerprint density at radius 3 is 2.73 bits per heavy atom. The van der Waals surface area contributed by atoms with Crippen molar-refractivity contribution in [1.82, 2.24) is 10.3 Å². The number of rotatable bonds is 5. The molecule has 1 aromatic heterocycles. The highest BCUT2D eigenvalue weighted by molar-refractivity contribution is 5.94. The van der Waals surface area contributed by atoms with Crippen LogP contribution in [0.3, 0.4) is 0 Å². The third kappa shape index (κ3) is 3.27. The number of methoxy groups -OCH3 is 1. The number of benzene rings is 1. The van der Waals surface area contributed by atoms with E-state index in [1.165, 1.54) is 6.42 Å². The first-order valence-corrected chi connectivity index (χ1v) is 7.64. The smallest absolute Gasteiger partial charge is 0.253 e. The quantitative estimate of drug-likeness (QED) is 0.923. The summed E-state index contributed by atoms with van der Waals surface area (Å²) in [6, 6.07) is 12.0. The van der Waals surface area contributed by atoms with E-state index in [4.69, 9.17) is 4.74 Å². The van der Waals surface area contributed by atoms with Gasteiger partial charge in [-0.15, -0.1) is 0 Å². The van der Waals surface area contributed by atoms with Crippen LogP contribution in [0.2, 0.25) is 0 Å². The summed E-state index contributed by atoms with van der Waals surface area (Å²) in [6.07, 6.45) is 5.73. The minimum absolute atomic E-state index is 0.0268. The molecule has 0 atom stereocenters. The van der Waals surface area contributed by atoms with Crippen LogP contribution in [0.15, 0.2) is 42.6 Å². The molecule has 0 aliphatic heterocycles. The molecule has 0 spiro atoms. The number of carbonyl (C=O) groups excluding carboxylic acids is 1. The van der Waals surface area contributed by atoms with Crippen LogP contribution in [0.25, 0.3) is 0 Å². The van der Waals surface area contributed by atoms with Crippen LogP contribution in [0.5, 0.6) is 5.75 Å². The maximum Gasteiger partial charge on any atom is 0.253 e. The molecular formula is C18H20N2O2. The Labute approximate surface area is 130 Å². The first kappa shape index (κ1) is 14.6. The van der Waals surface area contributed by atoms with Gasteiger partial charge in [0.2, 0.25) is 0 Å². The lowest BCUT2D eigenvalue weighted by molar-refractivity contribution is 0.0916. The zero-order valence-electron chi connectivity index (χ0n) is 12.7. The molecule has 4 heteroatoms. The second-order valence-electron chi connectivity index (χ2n) is 5.63. The van der Waals surface area contributed by atoms with Gasteiger partial charge in [0, 0.05) is 29.9 Å². The largest absolute Gasteiger partial charge is 0.496 e. The third-order valence-electron chi connectivity index (χ3n) is 4.09. The lowest BCUT2D eigenvalue weighted by Crippen LogP contribution is -2.39. The molecule has 1 amide bonds. The molecule has 1 aliphatic rings. The number of pyridine rings is 1. The van der Waals surface area contributed by atoms with Gasteiger partial charge < -0.3 is 10.1 Å². The minimum atomic E-state index is -0.0268. The molecule has 0 radical (unpaired) electrons. The summed E-state index contributed by atoms with van der Waals surface area (Å²) in [6.45, 7) is 0. The van der Waals surface area contributed by atoms with Crippen LogP contribution in [0, 0.1) is 0 Å². The van der Waals surface area contributed by atoms with Crippen molar-refractivity contribution in [2.75, 3.05) is 7.11 Å². The molecule has 0 unspecified atom stereocenters. The van der Waals surface area contributed by atoms with Gasteiger partial charge in [0.15, 0.2) is 0 Å². The first-order chi connectivity index (χ1) is 10.8. The van der Waals surface area contributed by atoms with Crippen LogP contribution >= 0.6 is 0 Å². The van der Waals surface area contributed by atoms with E-state index in [0.29, 0.717) is 18.0 Å². The fourth-order valence-corrected chi connectivity index (χ4v) is 2.53. The Kier molecular flexibility index (Phi) is 4.37. The molecule has 0 bridgehead atoms. The molecule has 1 saturated carbocycles. The lowest BCUT2D eigenvalue weighted by Gasteiger charge is -2.26. The Morgan fingerprint density at radius 1 is 1.27 bits per heavy atom. The Balaban J connectivity index is 1.67. The maximum atomic E-state index is 12.0. The SMILES string of the molecule is COc1ccccc1Cc1ccc(C(=O)NC2CCC2)cn1. The van der Waals surface area contributed by atoms with Crippen molar-refractivity contribution in [3.63, 3.8) is 0 Å². The van der Waals surface area contributed by atoms with Gasteiger partial charge in [-0.1, -0.05) is 18.2 Å². The van der Waals surface area contributed by atoms with Crippen LogP contribution in [-0.4, -0.2) is 24.0 Å². The number of hydrogen-bond donors (Lipinski definition) is 1. The zero-order valence-corrected chi connectivity index (χ0v) is 12.7. The zero-order chi connectivity index (χ0) is 15.4. The van der Waals surface area contributed by atoms with E-state index < -0.39 is 0 Å². The predicted octanol–water partition coefficient (Wildman–Crippen LogP) is 2.96. The molecule has 2 aromatic rings. The van der Waals surface area contributed by atoms with Gasteiger partial charge in [-0.2, -0.15) is 0 Å². The molecule has 3 rings (SSSR count). The number of carbonyl (C=O) groups is 1. The van der Waals surface area contributed by atoms with Crippen molar-refractivity contribution in [2.24, 2.45) is 0 Å². The number of nitrogens with one attached hydrogen (secondary N) is 1. The molecule has 0 saturated heterocycles. The maximum absolute atomic E-state index is 12.0. The summed E-state index contributed by atoms with van der Waals surface area (Å²) < 4.78 is 5.35. The van der Waals surface area contributed by atoms with Crippen molar-refractivity contribution in [3.8, 4) is 5.75 Å². The normalized spacial score (nSPS) is 14.2. The van der Waals surface area contributed by atoms with E-state index in [0.717, 1.165) is 29.8 Å². The van der Waals surface area contributed by atoms with Gasteiger partial charge in [0.05, 0.1) is 12.7 Å². The molecule has 1 aliphatic carbocycles. The fraction of sp³-hybridized carbons (Fsp3) is 0.333. The fourth-order valence-electron chi connectivity index (χ4n) is 2.53. The van der Waals surface area contributed by atoms with Gasteiger partial charge in [0.25, 0.3) is 5.91 Å². The highest BCUT2D eigenvalue weighted by Crippen LogP contribution is 2.21. The molecule has 22 heavy (non-hydrogen) atoms. The predicted molar refractivity (Wildman–Crippen MR) is 85.1 cm³/mol. The van der Waals surface area contributed by atoms with Gasteiger partial charge in [-0.3, -0.25) is 9.78 Å². The Hall–Kier alpha value is -2.36. The van der Waals surface area contributed by atoms with Crippen molar-refractivity contribution < 1.29 is 9.53 Å². The van der Waals surface area contributed by atoms with Crippen LogP contribution in [0.4, 0.5) is 0 Å². The van der Waals surface area contributed by atoms with Crippen LogP contribution < -0.4 is 10.1 Å². The standard InChI is InChI=1S/C18H20N2O2/c1-22-17-8-3-2-5-13(17)11-16-10-9-14(12-19-16)18(21)20-15-6-4-7-15/h2-3,5,8-10,12,15H,4,6-7,11H2,1H3,(H,20,21). The van der Waals surface area contributed by atoms with E-state index in [1.807, 2.05) is 36.4 Å². The summed E-state index contributed by atoms with van der Waals surface area (Å²) in [7, 11) is 1.67. The lowest BCUT2D eigenvalue weighted by atomic mass is 9.93. The molecule has 1 heterocycles. The summed E-state index contributed by atoms with van der Waals surface area (Å²) in [4.78, 5) is 16.5. The average molecular weight is 296 g/mol. The van der Waals surface area contributed by atoms with Crippen LogP contribution in [0.1, 0.15) is 40.9 Å². The summed E-state index contributed by atoms with van der Waals surface area (Å²) in [5.74, 6) is 0.831. The van der Waals surface area contributed by atoms with Gasteiger partial charge >= 0.3 is 0 Å². The third-order valence-corrected chi connectivity index (χ3v) is 4.09. The summed E-state index contributed by atoms with van der Waals surface area (Å²) in [5.41, 5.74) is 2.63. The van der Waals surface area contributed by atoms with Crippen molar-refractivity contribution in [2.45, 2.75) is 31.7 Å². The number of ether oxygens (including phenoxy) is 1. The number of para-hydroxylation sites is 1. The Morgan fingerprint density at radius 2 is 2.09 bits per heavy atom. The van der Waals surface area contributed by atoms with E-state index in [1.54, 1.807) is 13.3 Å². The second kappa shape index (κ2) is 6.60. The van der Waals surface area contributed by atoms with E-state index in [9.17, 15) is 4.79 Å². The minimum Gasteiger partial charge on any atom is -0.496 e.